The van der Waals surface area contributed by atoms with Crippen molar-refractivity contribution >= 4 is 23.5 Å². The summed E-state index contributed by atoms with van der Waals surface area (Å²) in [6.45, 7) is 7.59. The van der Waals surface area contributed by atoms with Gasteiger partial charge in [0.05, 0.1) is 23.6 Å². The molecule has 3 rings (SSSR count). The SMILES string of the molecule is CCOC(=O)c1c(C)[nH]c(C(=O)CSc2nnc(-c3ccccc3C)n2C)c1C. The molecule has 0 aliphatic heterocycles. The molecule has 0 amide bonds. The monoisotopic (exact) mass is 412 g/mol. The van der Waals surface area contributed by atoms with E-state index in [4.69, 9.17) is 4.74 Å². The molecule has 0 spiro atoms. The fourth-order valence-corrected chi connectivity index (χ4v) is 4.02. The lowest BCUT2D eigenvalue weighted by Crippen LogP contribution is -2.09. The van der Waals surface area contributed by atoms with Crippen molar-refractivity contribution in [3.05, 3.63) is 52.3 Å². The van der Waals surface area contributed by atoms with E-state index in [1.165, 1.54) is 11.8 Å². The smallest absolute Gasteiger partial charge is 0.340 e. The number of ether oxygens (including phenoxy) is 1. The van der Waals surface area contributed by atoms with Crippen LogP contribution in [0.4, 0.5) is 0 Å². The first-order chi connectivity index (χ1) is 13.8. The Labute approximate surface area is 173 Å². The Balaban J connectivity index is 1.76. The number of nitrogens with one attached hydrogen (secondary N) is 1. The summed E-state index contributed by atoms with van der Waals surface area (Å²) in [5, 5.41) is 9.18. The zero-order valence-corrected chi connectivity index (χ0v) is 18.0. The Kier molecular flexibility index (Phi) is 6.22. The van der Waals surface area contributed by atoms with Crippen LogP contribution in [0, 0.1) is 20.8 Å². The second kappa shape index (κ2) is 8.65. The lowest BCUT2D eigenvalue weighted by molar-refractivity contribution is 0.0525. The number of thioether (sulfide) groups is 1. The molecule has 29 heavy (non-hydrogen) atoms. The van der Waals surface area contributed by atoms with E-state index in [1.54, 1.807) is 20.8 Å². The summed E-state index contributed by atoms with van der Waals surface area (Å²) in [5.74, 6) is 0.422. The van der Waals surface area contributed by atoms with Gasteiger partial charge in [0.2, 0.25) is 0 Å². The number of carbonyl (C=O) groups is 2. The third-order valence-corrected chi connectivity index (χ3v) is 5.77. The Morgan fingerprint density at radius 3 is 2.59 bits per heavy atom. The van der Waals surface area contributed by atoms with E-state index in [0.29, 0.717) is 27.7 Å². The maximum atomic E-state index is 12.8. The number of nitrogens with zero attached hydrogens (tertiary/aromatic N) is 3. The molecule has 0 atom stereocenters. The lowest BCUT2D eigenvalue weighted by atomic mass is 10.1. The quantitative estimate of drug-likeness (QED) is 0.360. The Bertz CT molecular complexity index is 1070. The molecule has 0 saturated carbocycles. The van der Waals surface area contributed by atoms with Gasteiger partial charge in [0.1, 0.15) is 0 Å². The number of H-pyrrole nitrogens is 1. The summed E-state index contributed by atoms with van der Waals surface area (Å²) < 4.78 is 6.97. The number of hydrogen-bond acceptors (Lipinski definition) is 6. The summed E-state index contributed by atoms with van der Waals surface area (Å²) in [6, 6.07) is 7.97. The molecule has 0 bridgehead atoms. The first-order valence-corrected chi connectivity index (χ1v) is 10.3. The standard InChI is InChI=1S/C21H24N4O3S/c1-6-28-20(27)17-13(3)18(22-14(17)4)16(26)11-29-21-24-23-19(25(21)5)15-10-8-7-9-12(15)2/h7-10,22H,6,11H2,1-5H3. The van der Waals surface area contributed by atoms with Crippen molar-refractivity contribution < 1.29 is 14.3 Å². The molecule has 0 fully saturated rings. The molecule has 7 nitrogen and oxygen atoms in total. The van der Waals surface area contributed by atoms with Crippen molar-refractivity contribution in [1.82, 2.24) is 19.7 Å². The molecular weight excluding hydrogens is 388 g/mol. The normalized spacial score (nSPS) is 10.9. The molecule has 2 aromatic heterocycles. The number of aryl methyl sites for hydroxylation is 2. The molecule has 0 aliphatic rings. The predicted octanol–water partition coefficient (Wildman–Crippen LogP) is 3.89. The third-order valence-electron chi connectivity index (χ3n) is 4.75. The zero-order chi connectivity index (χ0) is 21.1. The van der Waals surface area contributed by atoms with Crippen molar-refractivity contribution in [2.75, 3.05) is 12.4 Å². The van der Waals surface area contributed by atoms with Gasteiger partial charge in [-0.05, 0) is 38.8 Å². The summed E-state index contributed by atoms with van der Waals surface area (Å²) in [6.07, 6.45) is 0. The van der Waals surface area contributed by atoms with Gasteiger partial charge < -0.3 is 14.3 Å². The van der Waals surface area contributed by atoms with Crippen LogP contribution in [-0.2, 0) is 11.8 Å². The second-order valence-corrected chi connectivity index (χ2v) is 7.68. The molecule has 0 saturated heterocycles. The molecular formula is C21H24N4O3S. The van der Waals surface area contributed by atoms with Gasteiger partial charge in [-0.2, -0.15) is 0 Å². The molecule has 3 aromatic rings. The first kappa shape index (κ1) is 20.9. The molecule has 0 aliphatic carbocycles. The van der Waals surface area contributed by atoms with Gasteiger partial charge in [-0.15, -0.1) is 10.2 Å². The summed E-state index contributed by atoms with van der Waals surface area (Å²) in [7, 11) is 1.89. The fourth-order valence-electron chi connectivity index (χ4n) is 3.24. The average molecular weight is 413 g/mol. The molecule has 0 radical (unpaired) electrons. The van der Waals surface area contributed by atoms with Gasteiger partial charge in [-0.25, -0.2) is 4.79 Å². The number of esters is 1. The van der Waals surface area contributed by atoms with Crippen LogP contribution in [0.1, 0.15) is 44.6 Å². The highest BCUT2D eigenvalue weighted by atomic mass is 32.2. The lowest BCUT2D eigenvalue weighted by Gasteiger charge is -2.06. The largest absolute Gasteiger partial charge is 0.462 e. The second-order valence-electron chi connectivity index (χ2n) is 6.74. The van der Waals surface area contributed by atoms with Gasteiger partial charge in [-0.1, -0.05) is 36.0 Å². The van der Waals surface area contributed by atoms with Crippen molar-refractivity contribution in [2.24, 2.45) is 7.05 Å². The summed E-state index contributed by atoms with van der Waals surface area (Å²) in [4.78, 5) is 27.9. The number of carbonyl (C=O) groups excluding carboxylic acids is 2. The number of ketones is 1. The van der Waals surface area contributed by atoms with Crippen LogP contribution in [0.5, 0.6) is 0 Å². The van der Waals surface area contributed by atoms with E-state index in [9.17, 15) is 9.59 Å². The van der Waals surface area contributed by atoms with Crippen molar-refractivity contribution in [3.63, 3.8) is 0 Å². The van der Waals surface area contributed by atoms with Crippen LogP contribution >= 0.6 is 11.8 Å². The van der Waals surface area contributed by atoms with Crippen molar-refractivity contribution in [2.45, 2.75) is 32.9 Å². The molecule has 1 N–H and O–H groups in total. The Morgan fingerprint density at radius 1 is 1.17 bits per heavy atom. The Morgan fingerprint density at radius 2 is 1.90 bits per heavy atom. The maximum absolute atomic E-state index is 12.8. The minimum Gasteiger partial charge on any atom is -0.462 e. The van der Waals surface area contributed by atoms with Crippen LogP contribution in [0.25, 0.3) is 11.4 Å². The van der Waals surface area contributed by atoms with Crippen LogP contribution < -0.4 is 0 Å². The van der Waals surface area contributed by atoms with E-state index in [1.807, 2.05) is 42.8 Å². The van der Waals surface area contributed by atoms with Crippen molar-refractivity contribution in [3.8, 4) is 11.4 Å². The van der Waals surface area contributed by atoms with E-state index in [-0.39, 0.29) is 18.1 Å². The predicted molar refractivity (Wildman–Crippen MR) is 112 cm³/mol. The van der Waals surface area contributed by atoms with Crippen LogP contribution in [0.2, 0.25) is 0 Å². The number of hydrogen-bond donors (Lipinski definition) is 1. The van der Waals surface area contributed by atoms with E-state index in [2.05, 4.69) is 15.2 Å². The highest BCUT2D eigenvalue weighted by Gasteiger charge is 2.23. The Hall–Kier alpha value is -2.87. The topological polar surface area (TPSA) is 89.9 Å². The van der Waals surface area contributed by atoms with Gasteiger partial charge in [0.15, 0.2) is 16.8 Å². The molecule has 2 heterocycles. The van der Waals surface area contributed by atoms with Crippen LogP contribution in [0.15, 0.2) is 29.4 Å². The first-order valence-electron chi connectivity index (χ1n) is 9.32. The van der Waals surface area contributed by atoms with Crippen molar-refractivity contribution in [1.29, 1.82) is 0 Å². The van der Waals surface area contributed by atoms with E-state index in [0.717, 1.165) is 17.0 Å². The number of rotatable bonds is 7. The third kappa shape index (κ3) is 4.12. The van der Waals surface area contributed by atoms with Crippen LogP contribution in [0.3, 0.4) is 0 Å². The fraction of sp³-hybridized carbons (Fsp3) is 0.333. The van der Waals surface area contributed by atoms with Gasteiger partial charge in [-0.3, -0.25) is 4.79 Å². The highest BCUT2D eigenvalue weighted by molar-refractivity contribution is 7.99. The summed E-state index contributed by atoms with van der Waals surface area (Å²) >= 11 is 1.32. The summed E-state index contributed by atoms with van der Waals surface area (Å²) in [5.41, 5.74) is 4.23. The molecule has 152 valence electrons. The van der Waals surface area contributed by atoms with Crippen LogP contribution in [-0.4, -0.2) is 43.9 Å². The molecule has 0 unspecified atom stereocenters. The molecule has 8 heteroatoms. The maximum Gasteiger partial charge on any atom is 0.340 e. The number of aromatic amines is 1. The minimum atomic E-state index is -0.415. The van der Waals surface area contributed by atoms with Gasteiger partial charge in [0.25, 0.3) is 0 Å². The number of benzene rings is 1. The number of Topliss-reactive ketones (excluding diaryl/α,β-unsaturated/α-hetero) is 1. The average Bonchev–Trinajstić information content (AvgIpc) is 3.19. The zero-order valence-electron chi connectivity index (χ0n) is 17.2. The van der Waals surface area contributed by atoms with Gasteiger partial charge in [0, 0.05) is 18.3 Å². The van der Waals surface area contributed by atoms with Gasteiger partial charge >= 0.3 is 5.97 Å². The van der Waals surface area contributed by atoms with E-state index >= 15 is 0 Å². The highest BCUT2D eigenvalue weighted by Crippen LogP contribution is 2.26. The minimum absolute atomic E-state index is 0.105. The van der Waals surface area contributed by atoms with E-state index < -0.39 is 5.97 Å². The molecule has 1 aromatic carbocycles. The number of aromatic nitrogens is 4.